The number of hydrogen-bond acceptors (Lipinski definition) is 2. The van der Waals surface area contributed by atoms with Gasteiger partial charge in [0, 0.05) is 5.02 Å². The van der Waals surface area contributed by atoms with Gasteiger partial charge in [-0.3, -0.25) is 9.69 Å². The first-order valence-electron chi connectivity index (χ1n) is 6.09. The van der Waals surface area contributed by atoms with Gasteiger partial charge in [0.2, 0.25) is 0 Å². The molecule has 0 fully saturated rings. The fraction of sp³-hybridized carbons (Fsp3) is 0.500. The van der Waals surface area contributed by atoms with Crippen LogP contribution < -0.4 is 0 Å². The van der Waals surface area contributed by atoms with E-state index in [9.17, 15) is 9.18 Å². The van der Waals surface area contributed by atoms with E-state index in [1.54, 1.807) is 0 Å². The van der Waals surface area contributed by atoms with Crippen LogP contribution in [0.4, 0.5) is 4.39 Å². The predicted molar refractivity (Wildman–Crippen MR) is 72.7 cm³/mol. The number of carbonyl (C=O) groups is 1. The summed E-state index contributed by atoms with van der Waals surface area (Å²) >= 11 is 5.69. The van der Waals surface area contributed by atoms with E-state index in [1.165, 1.54) is 18.2 Å². The Labute approximate surface area is 113 Å². The lowest BCUT2D eigenvalue weighted by atomic mass is 9.91. The van der Waals surface area contributed by atoms with Crippen molar-refractivity contribution in [1.29, 1.82) is 0 Å². The zero-order chi connectivity index (χ0) is 13.9. The summed E-state index contributed by atoms with van der Waals surface area (Å²) in [4.78, 5) is 14.4. The summed E-state index contributed by atoms with van der Waals surface area (Å²) in [6.45, 7) is 9.08. The standard InChI is InChI=1S/C14H19ClFNO/c1-5-17(6-2)14(3,4)13(18)11-8-7-10(15)9-12(11)16/h7-9H,5-6H2,1-4H3. The number of ketones is 1. The molecule has 0 aliphatic carbocycles. The van der Waals surface area contributed by atoms with Crippen LogP contribution in [-0.2, 0) is 0 Å². The van der Waals surface area contributed by atoms with E-state index in [0.29, 0.717) is 5.02 Å². The molecule has 0 atom stereocenters. The largest absolute Gasteiger partial charge is 0.292 e. The lowest BCUT2D eigenvalue weighted by Gasteiger charge is -2.35. The molecule has 0 N–H and O–H groups in total. The van der Waals surface area contributed by atoms with Gasteiger partial charge in [0.15, 0.2) is 5.78 Å². The molecule has 0 spiro atoms. The molecule has 1 rings (SSSR count). The van der Waals surface area contributed by atoms with Crippen molar-refractivity contribution in [1.82, 2.24) is 4.90 Å². The van der Waals surface area contributed by atoms with Gasteiger partial charge in [-0.1, -0.05) is 25.4 Å². The summed E-state index contributed by atoms with van der Waals surface area (Å²) in [6.07, 6.45) is 0. The van der Waals surface area contributed by atoms with Gasteiger partial charge < -0.3 is 0 Å². The summed E-state index contributed by atoms with van der Waals surface area (Å²) in [7, 11) is 0. The molecule has 0 heterocycles. The molecule has 1 aromatic carbocycles. The summed E-state index contributed by atoms with van der Waals surface area (Å²) in [6, 6.07) is 4.16. The van der Waals surface area contributed by atoms with E-state index < -0.39 is 11.4 Å². The van der Waals surface area contributed by atoms with Crippen LogP contribution >= 0.6 is 11.6 Å². The third kappa shape index (κ3) is 2.90. The van der Waals surface area contributed by atoms with Crippen molar-refractivity contribution >= 4 is 17.4 Å². The summed E-state index contributed by atoms with van der Waals surface area (Å²) in [5, 5.41) is 0.296. The lowest BCUT2D eigenvalue weighted by Crippen LogP contribution is -2.50. The molecule has 18 heavy (non-hydrogen) atoms. The third-order valence-electron chi connectivity index (χ3n) is 3.29. The van der Waals surface area contributed by atoms with Crippen LogP contribution in [0.1, 0.15) is 38.1 Å². The molecule has 2 nitrogen and oxygen atoms in total. The fourth-order valence-corrected chi connectivity index (χ4v) is 2.32. The van der Waals surface area contributed by atoms with Crippen LogP contribution in [0, 0.1) is 5.82 Å². The van der Waals surface area contributed by atoms with Crippen LogP contribution in [0.25, 0.3) is 0 Å². The normalized spacial score (nSPS) is 11.9. The highest BCUT2D eigenvalue weighted by atomic mass is 35.5. The highest BCUT2D eigenvalue weighted by Gasteiger charge is 2.34. The maximum atomic E-state index is 13.8. The minimum absolute atomic E-state index is 0.0938. The number of Topliss-reactive ketones (excluding diaryl/α,β-unsaturated/α-hetero) is 1. The number of likely N-dealkylation sites (N-methyl/N-ethyl adjacent to an activating group) is 1. The summed E-state index contributed by atoms with van der Waals surface area (Å²) in [5.74, 6) is -0.784. The van der Waals surface area contributed by atoms with E-state index in [1.807, 2.05) is 32.6 Å². The molecule has 0 aliphatic heterocycles. The Morgan fingerprint density at radius 2 is 1.89 bits per heavy atom. The van der Waals surface area contributed by atoms with Gasteiger partial charge in [-0.2, -0.15) is 0 Å². The Morgan fingerprint density at radius 3 is 2.33 bits per heavy atom. The molecule has 1 aromatic rings. The summed E-state index contributed by atoms with van der Waals surface area (Å²) < 4.78 is 13.8. The van der Waals surface area contributed by atoms with Crippen LogP contribution in [0.2, 0.25) is 5.02 Å². The Bertz CT molecular complexity index is 441. The average Bonchev–Trinajstić information content (AvgIpc) is 2.29. The van der Waals surface area contributed by atoms with Crippen LogP contribution in [-0.4, -0.2) is 29.3 Å². The molecular formula is C14H19ClFNO. The summed E-state index contributed by atoms with van der Waals surface area (Å²) in [5.41, 5.74) is -0.630. The molecule has 0 amide bonds. The molecule has 0 aromatic heterocycles. The first-order chi connectivity index (χ1) is 8.34. The van der Waals surface area contributed by atoms with Crippen LogP contribution in [0.15, 0.2) is 18.2 Å². The highest BCUT2D eigenvalue weighted by Crippen LogP contribution is 2.23. The van der Waals surface area contributed by atoms with E-state index >= 15 is 0 Å². The van der Waals surface area contributed by atoms with Crippen molar-refractivity contribution in [2.75, 3.05) is 13.1 Å². The zero-order valence-corrected chi connectivity index (χ0v) is 12.0. The smallest absolute Gasteiger partial charge is 0.185 e. The Kier molecular flexibility index (Phi) is 4.88. The van der Waals surface area contributed by atoms with Gasteiger partial charge in [0.25, 0.3) is 0 Å². The minimum atomic E-state index is -0.724. The van der Waals surface area contributed by atoms with Crippen molar-refractivity contribution in [2.45, 2.75) is 33.2 Å². The Hall–Kier alpha value is -0.930. The van der Waals surface area contributed by atoms with Gasteiger partial charge in [-0.05, 0) is 45.1 Å². The highest BCUT2D eigenvalue weighted by molar-refractivity contribution is 6.30. The topological polar surface area (TPSA) is 20.3 Å². The van der Waals surface area contributed by atoms with Crippen molar-refractivity contribution in [3.63, 3.8) is 0 Å². The molecule has 100 valence electrons. The maximum Gasteiger partial charge on any atom is 0.185 e. The van der Waals surface area contributed by atoms with E-state index in [-0.39, 0.29) is 11.3 Å². The van der Waals surface area contributed by atoms with Crippen molar-refractivity contribution in [3.05, 3.63) is 34.6 Å². The van der Waals surface area contributed by atoms with Crippen molar-refractivity contribution < 1.29 is 9.18 Å². The molecule has 0 bridgehead atoms. The molecule has 0 aliphatic rings. The van der Waals surface area contributed by atoms with Gasteiger partial charge in [-0.15, -0.1) is 0 Å². The molecule has 0 radical (unpaired) electrons. The Morgan fingerprint density at radius 1 is 1.33 bits per heavy atom. The molecule has 4 heteroatoms. The molecule has 0 saturated heterocycles. The van der Waals surface area contributed by atoms with Crippen molar-refractivity contribution in [2.24, 2.45) is 0 Å². The third-order valence-corrected chi connectivity index (χ3v) is 3.52. The number of nitrogens with zero attached hydrogens (tertiary/aromatic N) is 1. The average molecular weight is 272 g/mol. The maximum absolute atomic E-state index is 13.8. The quantitative estimate of drug-likeness (QED) is 0.760. The predicted octanol–water partition coefficient (Wildman–Crippen LogP) is 3.78. The first kappa shape index (κ1) is 15.1. The number of hydrogen-bond donors (Lipinski definition) is 0. The van der Waals surface area contributed by atoms with Gasteiger partial charge in [0.05, 0.1) is 11.1 Å². The minimum Gasteiger partial charge on any atom is -0.292 e. The Balaban J connectivity index is 3.13. The van der Waals surface area contributed by atoms with Gasteiger partial charge >= 0.3 is 0 Å². The first-order valence-corrected chi connectivity index (χ1v) is 6.47. The van der Waals surface area contributed by atoms with Crippen molar-refractivity contribution in [3.8, 4) is 0 Å². The number of carbonyl (C=O) groups excluding carboxylic acids is 1. The fourth-order valence-electron chi connectivity index (χ4n) is 2.16. The number of halogens is 2. The van der Waals surface area contributed by atoms with Gasteiger partial charge in [0.1, 0.15) is 5.82 Å². The SMILES string of the molecule is CCN(CC)C(C)(C)C(=O)c1ccc(Cl)cc1F. The lowest BCUT2D eigenvalue weighted by molar-refractivity contribution is 0.0664. The van der Waals surface area contributed by atoms with E-state index in [4.69, 9.17) is 11.6 Å². The number of rotatable bonds is 5. The monoisotopic (exact) mass is 271 g/mol. The zero-order valence-electron chi connectivity index (χ0n) is 11.3. The molecular weight excluding hydrogens is 253 g/mol. The van der Waals surface area contributed by atoms with Crippen LogP contribution in [0.3, 0.4) is 0 Å². The van der Waals surface area contributed by atoms with Gasteiger partial charge in [-0.25, -0.2) is 4.39 Å². The van der Waals surface area contributed by atoms with E-state index in [2.05, 4.69) is 0 Å². The van der Waals surface area contributed by atoms with Crippen LogP contribution in [0.5, 0.6) is 0 Å². The molecule has 0 unspecified atom stereocenters. The second-order valence-electron chi connectivity index (χ2n) is 4.68. The number of benzene rings is 1. The molecule has 0 saturated carbocycles. The second kappa shape index (κ2) is 5.81. The second-order valence-corrected chi connectivity index (χ2v) is 5.12. The van der Waals surface area contributed by atoms with E-state index in [0.717, 1.165) is 13.1 Å².